The average molecular weight is 673 g/mol. The first-order valence-electron chi connectivity index (χ1n) is 20.1. The Labute approximate surface area is 290 Å². The maximum atomic E-state index is 12.7. The first kappa shape index (κ1) is 34.7. The molecule has 2 spiro atoms. The van der Waals surface area contributed by atoms with E-state index in [4.69, 9.17) is 18.9 Å². The molecule has 3 saturated heterocycles. The second-order valence-corrected chi connectivity index (χ2v) is 19.5. The van der Waals surface area contributed by atoms with E-state index in [1.54, 1.807) is 0 Å². The molecule has 274 valence electrons. The van der Waals surface area contributed by atoms with Gasteiger partial charge in [-0.05, 0) is 117 Å². The highest BCUT2D eigenvalue weighted by Crippen LogP contribution is 2.89. The molecule has 0 aromatic carbocycles. The number of hydrogen-bond donors (Lipinski definition) is 3. The van der Waals surface area contributed by atoms with Gasteiger partial charge in [0.05, 0.1) is 36.6 Å². The first-order chi connectivity index (χ1) is 22.7. The lowest BCUT2D eigenvalue weighted by molar-refractivity contribution is -0.252. The van der Waals surface area contributed by atoms with E-state index in [-0.39, 0.29) is 40.8 Å². The largest absolute Gasteiger partial charge is 0.390 e. The van der Waals surface area contributed by atoms with Crippen LogP contribution in [-0.2, 0) is 18.9 Å². The Morgan fingerprint density at radius 1 is 1.00 bits per heavy atom. The van der Waals surface area contributed by atoms with Gasteiger partial charge in [0.25, 0.3) is 0 Å². The Hall–Kier alpha value is -0.320. The number of rotatable bonds is 8. The van der Waals surface area contributed by atoms with Crippen molar-refractivity contribution in [1.29, 1.82) is 0 Å². The molecule has 5 saturated carbocycles. The number of aliphatic hydroxyl groups excluding tert-OH is 1. The molecule has 3 N–H and O–H groups in total. The molecule has 14 unspecified atom stereocenters. The molecule has 8 heteroatoms. The molecule has 3 heterocycles. The minimum absolute atomic E-state index is 0.0289. The van der Waals surface area contributed by atoms with Gasteiger partial charge in [0.2, 0.25) is 0 Å². The molecular formula is C40H68N2O6. The lowest BCUT2D eigenvalue weighted by Crippen LogP contribution is -2.62. The van der Waals surface area contributed by atoms with Gasteiger partial charge in [-0.25, -0.2) is 0 Å². The predicted molar refractivity (Wildman–Crippen MR) is 185 cm³/mol. The molecule has 5 aliphatic carbocycles. The van der Waals surface area contributed by atoms with Crippen LogP contribution in [0.4, 0.5) is 0 Å². The normalized spacial score (nSPS) is 52.2. The standard InChI is InChI=1S/C40H68N2O6/c1-9-24-19-26(34(45-10-2)36(5,6)44)47-32-31(24)37(7)15-16-40-23-39(40)14-13-29(48-30-22-42(17-18-46-30)25-20-41-21-25)35(3,4)27(39)11-12-28(40)38(37,8)33(32)43/h24-34,41,43-44H,9-23H2,1-8H3. The third kappa shape index (κ3) is 4.61. The molecule has 8 fully saturated rings. The number of fused-ring (bicyclic) bond motifs is 4. The fourth-order valence-electron chi connectivity index (χ4n) is 14.7. The molecule has 14 atom stereocenters. The van der Waals surface area contributed by atoms with Crippen molar-refractivity contribution in [2.24, 2.45) is 50.7 Å². The zero-order chi connectivity index (χ0) is 34.1. The van der Waals surface area contributed by atoms with Crippen molar-refractivity contribution < 1.29 is 29.2 Å². The van der Waals surface area contributed by atoms with Gasteiger partial charge in [0, 0.05) is 44.2 Å². The van der Waals surface area contributed by atoms with Gasteiger partial charge in [-0.2, -0.15) is 0 Å². The third-order valence-corrected chi connectivity index (χ3v) is 17.2. The number of ether oxygens (including phenoxy) is 4. The second kappa shape index (κ2) is 11.6. The molecule has 0 bridgehead atoms. The van der Waals surface area contributed by atoms with E-state index < -0.39 is 17.8 Å². The van der Waals surface area contributed by atoms with Crippen molar-refractivity contribution in [2.45, 2.75) is 162 Å². The van der Waals surface area contributed by atoms with Crippen LogP contribution in [0.15, 0.2) is 0 Å². The zero-order valence-corrected chi connectivity index (χ0v) is 31.4. The topological polar surface area (TPSA) is 92.7 Å². The van der Waals surface area contributed by atoms with Gasteiger partial charge in [0.1, 0.15) is 6.10 Å². The van der Waals surface area contributed by atoms with Crippen molar-refractivity contribution in [2.75, 3.05) is 39.4 Å². The Morgan fingerprint density at radius 3 is 2.40 bits per heavy atom. The van der Waals surface area contributed by atoms with E-state index in [1.807, 2.05) is 20.8 Å². The summed E-state index contributed by atoms with van der Waals surface area (Å²) >= 11 is 0. The Balaban J connectivity index is 1.04. The van der Waals surface area contributed by atoms with Gasteiger partial charge in [0.15, 0.2) is 6.29 Å². The highest BCUT2D eigenvalue weighted by atomic mass is 16.7. The summed E-state index contributed by atoms with van der Waals surface area (Å²) in [5.41, 5.74) is -0.400. The van der Waals surface area contributed by atoms with E-state index in [0.717, 1.165) is 52.0 Å². The number of aliphatic hydroxyl groups is 2. The summed E-state index contributed by atoms with van der Waals surface area (Å²) in [5, 5.41) is 27.3. The molecule has 0 aromatic heterocycles. The Morgan fingerprint density at radius 2 is 1.73 bits per heavy atom. The van der Waals surface area contributed by atoms with Crippen LogP contribution in [0, 0.1) is 50.7 Å². The number of hydrogen-bond acceptors (Lipinski definition) is 8. The molecule has 0 aromatic rings. The van der Waals surface area contributed by atoms with Crippen molar-refractivity contribution in [3.05, 3.63) is 0 Å². The highest BCUT2D eigenvalue weighted by molar-refractivity contribution is 5.33. The minimum Gasteiger partial charge on any atom is -0.390 e. The number of morpholine rings is 1. The van der Waals surface area contributed by atoms with Crippen molar-refractivity contribution >= 4 is 0 Å². The van der Waals surface area contributed by atoms with E-state index in [0.29, 0.717) is 47.2 Å². The first-order valence-corrected chi connectivity index (χ1v) is 20.1. The van der Waals surface area contributed by atoms with E-state index in [1.165, 1.54) is 38.5 Å². The molecule has 0 radical (unpaired) electrons. The van der Waals surface area contributed by atoms with Gasteiger partial charge >= 0.3 is 0 Å². The monoisotopic (exact) mass is 673 g/mol. The summed E-state index contributed by atoms with van der Waals surface area (Å²) in [4.78, 5) is 2.57. The molecule has 3 aliphatic heterocycles. The van der Waals surface area contributed by atoms with Crippen LogP contribution in [0.1, 0.15) is 113 Å². The van der Waals surface area contributed by atoms with Crippen LogP contribution < -0.4 is 5.32 Å². The van der Waals surface area contributed by atoms with E-state index >= 15 is 0 Å². The van der Waals surface area contributed by atoms with Crippen LogP contribution >= 0.6 is 0 Å². The average Bonchev–Trinajstić information content (AvgIpc) is 3.64. The molecule has 8 aliphatic rings. The van der Waals surface area contributed by atoms with Crippen molar-refractivity contribution in [3.63, 3.8) is 0 Å². The Kier molecular flexibility index (Phi) is 8.39. The molecule has 48 heavy (non-hydrogen) atoms. The van der Waals surface area contributed by atoms with Crippen LogP contribution in [0.2, 0.25) is 0 Å². The van der Waals surface area contributed by atoms with Gasteiger partial charge in [-0.15, -0.1) is 0 Å². The molecular weight excluding hydrogens is 604 g/mol. The summed E-state index contributed by atoms with van der Waals surface area (Å²) in [5.74, 6) is 1.94. The van der Waals surface area contributed by atoms with Crippen LogP contribution in [0.5, 0.6) is 0 Å². The lowest BCUT2D eigenvalue weighted by atomic mass is 9.41. The van der Waals surface area contributed by atoms with E-state index in [9.17, 15) is 10.2 Å². The summed E-state index contributed by atoms with van der Waals surface area (Å²) in [6.45, 7) is 23.4. The third-order valence-electron chi connectivity index (χ3n) is 17.2. The SMILES string of the molecule is CCOC(C1CC(CC)C2C(O1)C(O)C1(C)C3CCC4C(C)(C)C(OC5CN(C6CNC6)CCO5)CCC45CC35CCC21C)C(C)(C)O. The summed E-state index contributed by atoms with van der Waals surface area (Å²) < 4.78 is 26.4. The van der Waals surface area contributed by atoms with Gasteiger partial charge in [-0.3, -0.25) is 4.90 Å². The van der Waals surface area contributed by atoms with Gasteiger partial charge < -0.3 is 34.5 Å². The maximum Gasteiger partial charge on any atom is 0.170 e. The molecule has 8 rings (SSSR count). The quantitative estimate of drug-likeness (QED) is 0.317. The van der Waals surface area contributed by atoms with Crippen LogP contribution in [0.3, 0.4) is 0 Å². The molecule has 8 nitrogen and oxygen atoms in total. The van der Waals surface area contributed by atoms with Crippen molar-refractivity contribution in [3.8, 4) is 0 Å². The van der Waals surface area contributed by atoms with Crippen LogP contribution in [0.25, 0.3) is 0 Å². The lowest BCUT2D eigenvalue weighted by Gasteiger charge is -2.64. The highest BCUT2D eigenvalue weighted by Gasteiger charge is 2.84. The fraction of sp³-hybridized carbons (Fsp3) is 1.00. The summed E-state index contributed by atoms with van der Waals surface area (Å²) in [6.07, 6.45) is 9.32. The predicted octanol–water partition coefficient (Wildman–Crippen LogP) is 5.38. The zero-order valence-electron chi connectivity index (χ0n) is 31.4. The fourth-order valence-corrected chi connectivity index (χ4v) is 14.7. The summed E-state index contributed by atoms with van der Waals surface area (Å²) in [7, 11) is 0. The second-order valence-electron chi connectivity index (χ2n) is 19.5. The summed E-state index contributed by atoms with van der Waals surface area (Å²) in [6, 6.07) is 0.633. The number of nitrogens with one attached hydrogen (secondary N) is 1. The van der Waals surface area contributed by atoms with Crippen LogP contribution in [-0.4, -0.2) is 103 Å². The molecule has 0 amide bonds. The van der Waals surface area contributed by atoms with Gasteiger partial charge in [-0.1, -0.05) is 41.0 Å². The van der Waals surface area contributed by atoms with Crippen molar-refractivity contribution in [1.82, 2.24) is 10.2 Å². The Bertz CT molecular complexity index is 1220. The van der Waals surface area contributed by atoms with E-state index in [2.05, 4.69) is 44.8 Å². The maximum absolute atomic E-state index is 12.7. The number of nitrogens with zero attached hydrogens (tertiary/aromatic N) is 1. The minimum atomic E-state index is -1.01. The smallest absolute Gasteiger partial charge is 0.170 e.